The molecule has 3 rings (SSSR count). The summed E-state index contributed by atoms with van der Waals surface area (Å²) < 4.78 is 1.80. The summed E-state index contributed by atoms with van der Waals surface area (Å²) in [5.41, 5.74) is 4.99. The molecule has 0 amide bonds. The summed E-state index contributed by atoms with van der Waals surface area (Å²) in [5.74, 6) is 0.447. The number of nitriles is 1. The molecule has 5 nitrogen and oxygen atoms in total. The molecule has 0 radical (unpaired) electrons. The van der Waals surface area contributed by atoms with Crippen LogP contribution in [0.4, 0.5) is 5.69 Å². The molecular formula is C16H10Cl3N5. The Morgan fingerprint density at radius 3 is 2.58 bits per heavy atom. The van der Waals surface area contributed by atoms with E-state index in [1.807, 2.05) is 37.4 Å². The summed E-state index contributed by atoms with van der Waals surface area (Å²) in [6, 6.07) is 12.7. The van der Waals surface area contributed by atoms with E-state index in [1.165, 1.54) is 6.07 Å². The van der Waals surface area contributed by atoms with E-state index in [2.05, 4.69) is 15.5 Å². The van der Waals surface area contributed by atoms with E-state index in [0.717, 1.165) is 11.0 Å². The first-order chi connectivity index (χ1) is 11.5. The number of hydrogen-bond acceptors (Lipinski definition) is 4. The first-order valence-electron chi connectivity index (χ1n) is 6.81. The third-order valence-corrected chi connectivity index (χ3v) is 4.44. The molecule has 1 heterocycles. The van der Waals surface area contributed by atoms with Crippen LogP contribution in [0.2, 0.25) is 15.1 Å². The number of para-hydroxylation sites is 2. The van der Waals surface area contributed by atoms with Gasteiger partial charge in [-0.05, 0) is 24.3 Å². The van der Waals surface area contributed by atoms with Crippen molar-refractivity contribution < 1.29 is 0 Å². The maximum atomic E-state index is 9.42. The van der Waals surface area contributed by atoms with Crippen molar-refractivity contribution in [3.63, 3.8) is 0 Å². The van der Waals surface area contributed by atoms with Gasteiger partial charge in [-0.3, -0.25) is 5.43 Å². The molecule has 2 aromatic carbocycles. The molecule has 0 fully saturated rings. The van der Waals surface area contributed by atoms with E-state index in [-0.39, 0.29) is 5.71 Å². The zero-order valence-electron chi connectivity index (χ0n) is 12.4. The fraction of sp³-hybridized carbons (Fsp3) is 0.0625. The average molecular weight is 379 g/mol. The van der Waals surface area contributed by atoms with Crippen molar-refractivity contribution >= 4 is 57.2 Å². The standard InChI is InChI=1S/C16H10Cl3N5/c1-24-15-5-3-2-4-12(15)21-16(24)14(8-20)23-22-13-7-10(18)9(17)6-11(13)19/h2-7,22H,1H3/b23-14-. The van der Waals surface area contributed by atoms with Crippen molar-refractivity contribution in [2.75, 3.05) is 5.43 Å². The summed E-state index contributed by atoms with van der Waals surface area (Å²) in [7, 11) is 1.82. The van der Waals surface area contributed by atoms with Gasteiger partial charge in [-0.1, -0.05) is 46.9 Å². The quantitative estimate of drug-likeness (QED) is 0.401. The Hall–Kier alpha value is -2.26. The molecule has 0 bridgehead atoms. The second-order valence-corrected chi connectivity index (χ2v) is 6.13. The molecule has 0 unspecified atom stereocenters. The van der Waals surface area contributed by atoms with E-state index in [0.29, 0.717) is 26.6 Å². The maximum Gasteiger partial charge on any atom is 0.203 e. The fourth-order valence-electron chi connectivity index (χ4n) is 2.21. The highest BCUT2D eigenvalue weighted by Gasteiger charge is 2.14. The van der Waals surface area contributed by atoms with Crippen LogP contribution in [0, 0.1) is 11.3 Å². The predicted molar refractivity (Wildman–Crippen MR) is 98.0 cm³/mol. The van der Waals surface area contributed by atoms with Crippen molar-refractivity contribution in [2.24, 2.45) is 12.1 Å². The van der Waals surface area contributed by atoms with Crippen LogP contribution in [-0.4, -0.2) is 15.3 Å². The molecule has 8 heteroatoms. The zero-order chi connectivity index (χ0) is 17.3. The van der Waals surface area contributed by atoms with Crippen molar-refractivity contribution in [2.45, 2.75) is 0 Å². The molecule has 1 N–H and O–H groups in total. The van der Waals surface area contributed by atoms with Gasteiger partial charge in [-0.25, -0.2) is 4.98 Å². The number of halogens is 3. The first-order valence-corrected chi connectivity index (χ1v) is 7.95. The molecule has 0 spiro atoms. The number of hydrazone groups is 1. The number of aromatic nitrogens is 2. The topological polar surface area (TPSA) is 66.0 Å². The van der Waals surface area contributed by atoms with Crippen LogP contribution < -0.4 is 5.43 Å². The summed E-state index contributed by atoms with van der Waals surface area (Å²) >= 11 is 18.0. The van der Waals surface area contributed by atoms with E-state index < -0.39 is 0 Å². The number of hydrogen-bond donors (Lipinski definition) is 1. The summed E-state index contributed by atoms with van der Waals surface area (Å²) in [6.07, 6.45) is 0. The normalized spacial score (nSPS) is 11.5. The van der Waals surface area contributed by atoms with Crippen LogP contribution in [0.1, 0.15) is 5.82 Å². The molecule has 0 saturated heterocycles. The number of nitrogens with zero attached hydrogens (tertiary/aromatic N) is 4. The number of benzene rings is 2. The number of anilines is 1. The first kappa shape index (κ1) is 16.6. The van der Waals surface area contributed by atoms with Crippen LogP contribution >= 0.6 is 34.8 Å². The Morgan fingerprint density at radius 2 is 1.88 bits per heavy atom. The van der Waals surface area contributed by atoms with Gasteiger partial charge in [0.05, 0.1) is 31.8 Å². The Bertz CT molecular complexity index is 1000. The lowest BCUT2D eigenvalue weighted by molar-refractivity contribution is 0.930. The second-order valence-electron chi connectivity index (χ2n) is 4.91. The molecular weight excluding hydrogens is 369 g/mol. The Morgan fingerprint density at radius 1 is 1.17 bits per heavy atom. The predicted octanol–water partition coefficient (Wildman–Crippen LogP) is 4.87. The smallest absolute Gasteiger partial charge is 0.203 e. The molecule has 0 atom stereocenters. The van der Waals surface area contributed by atoms with Crippen LogP contribution in [0.15, 0.2) is 41.5 Å². The highest BCUT2D eigenvalue weighted by Crippen LogP contribution is 2.32. The lowest BCUT2D eigenvalue weighted by atomic mass is 10.3. The molecule has 3 aromatic rings. The number of aryl methyl sites for hydroxylation is 1. The van der Waals surface area contributed by atoms with Gasteiger partial charge in [-0.2, -0.15) is 10.4 Å². The van der Waals surface area contributed by atoms with Crippen LogP contribution in [0.3, 0.4) is 0 Å². The highest BCUT2D eigenvalue weighted by atomic mass is 35.5. The van der Waals surface area contributed by atoms with Crippen LogP contribution in [0.25, 0.3) is 11.0 Å². The average Bonchev–Trinajstić information content (AvgIpc) is 2.90. The second kappa shape index (κ2) is 6.70. The largest absolute Gasteiger partial charge is 0.325 e. The van der Waals surface area contributed by atoms with Gasteiger partial charge < -0.3 is 4.57 Å². The van der Waals surface area contributed by atoms with Crippen molar-refractivity contribution in [3.05, 3.63) is 57.3 Å². The number of fused-ring (bicyclic) bond motifs is 1. The van der Waals surface area contributed by atoms with Gasteiger partial charge >= 0.3 is 0 Å². The van der Waals surface area contributed by atoms with E-state index in [4.69, 9.17) is 34.8 Å². The Kier molecular flexibility index (Phi) is 4.63. The van der Waals surface area contributed by atoms with Gasteiger partial charge in [0.25, 0.3) is 0 Å². The number of imidazole rings is 1. The SMILES string of the molecule is Cn1c(/C(C#N)=N\Nc2cc(Cl)c(Cl)cc2Cl)nc2ccccc21. The monoisotopic (exact) mass is 377 g/mol. The van der Waals surface area contributed by atoms with Crippen molar-refractivity contribution in [1.82, 2.24) is 9.55 Å². The highest BCUT2D eigenvalue weighted by molar-refractivity contribution is 6.44. The Balaban J connectivity index is 1.99. The number of rotatable bonds is 3. The molecule has 120 valence electrons. The van der Waals surface area contributed by atoms with E-state index in [9.17, 15) is 5.26 Å². The maximum absolute atomic E-state index is 9.42. The molecule has 0 aliphatic rings. The zero-order valence-corrected chi connectivity index (χ0v) is 14.7. The third-order valence-electron chi connectivity index (χ3n) is 3.40. The van der Waals surface area contributed by atoms with Gasteiger partial charge in [-0.15, -0.1) is 0 Å². The van der Waals surface area contributed by atoms with Crippen molar-refractivity contribution in [3.8, 4) is 6.07 Å². The Labute approximate surface area is 153 Å². The van der Waals surface area contributed by atoms with E-state index >= 15 is 0 Å². The van der Waals surface area contributed by atoms with Crippen molar-refractivity contribution in [1.29, 1.82) is 5.26 Å². The van der Waals surface area contributed by atoms with Gasteiger partial charge in [0, 0.05) is 7.05 Å². The molecule has 0 saturated carbocycles. The lowest BCUT2D eigenvalue weighted by Crippen LogP contribution is -2.09. The minimum atomic E-state index is 0.121. The minimum Gasteiger partial charge on any atom is -0.325 e. The molecule has 0 aliphatic carbocycles. The minimum absolute atomic E-state index is 0.121. The summed E-state index contributed by atoms with van der Waals surface area (Å²) in [5, 5.41) is 14.5. The van der Waals surface area contributed by atoms with Gasteiger partial charge in [0.2, 0.25) is 5.71 Å². The lowest BCUT2D eigenvalue weighted by Gasteiger charge is -2.06. The molecule has 24 heavy (non-hydrogen) atoms. The third kappa shape index (κ3) is 3.04. The van der Waals surface area contributed by atoms with Gasteiger partial charge in [0.15, 0.2) is 5.82 Å². The number of nitrogens with one attached hydrogen (secondary N) is 1. The van der Waals surface area contributed by atoms with Gasteiger partial charge in [0.1, 0.15) is 6.07 Å². The fourth-order valence-corrected chi connectivity index (χ4v) is 2.80. The summed E-state index contributed by atoms with van der Waals surface area (Å²) in [4.78, 5) is 4.44. The molecule has 1 aromatic heterocycles. The van der Waals surface area contributed by atoms with E-state index in [1.54, 1.807) is 10.6 Å². The van der Waals surface area contributed by atoms with Crippen LogP contribution in [-0.2, 0) is 7.05 Å². The van der Waals surface area contributed by atoms with Crippen LogP contribution in [0.5, 0.6) is 0 Å². The summed E-state index contributed by atoms with van der Waals surface area (Å²) in [6.45, 7) is 0. The molecule has 0 aliphatic heterocycles.